The van der Waals surface area contributed by atoms with E-state index in [1.165, 1.54) is 0 Å². The normalized spacial score (nSPS) is 16.0. The summed E-state index contributed by atoms with van der Waals surface area (Å²) in [7, 11) is 0. The lowest BCUT2D eigenvalue weighted by atomic mass is 9.77. The number of nitrogens with one attached hydrogen (secondary N) is 1. The Balaban J connectivity index is 1.49. The van der Waals surface area contributed by atoms with Crippen LogP contribution in [0.15, 0.2) is 54.6 Å². The highest BCUT2D eigenvalue weighted by Gasteiger charge is 2.54. The Labute approximate surface area is 299 Å². The molecule has 10 heteroatoms. The van der Waals surface area contributed by atoms with Crippen molar-refractivity contribution in [2.45, 2.75) is 98.5 Å². The number of carbonyl (C=O) groups excluding carboxylic acids is 4. The number of aliphatic hydroxyl groups excluding tert-OH is 1. The van der Waals surface area contributed by atoms with Gasteiger partial charge in [0.25, 0.3) is 0 Å². The van der Waals surface area contributed by atoms with Crippen LogP contribution in [0.4, 0.5) is 0 Å². The van der Waals surface area contributed by atoms with E-state index in [0.29, 0.717) is 77.3 Å². The zero-order valence-electron chi connectivity index (χ0n) is 30.5. The summed E-state index contributed by atoms with van der Waals surface area (Å²) in [5.41, 5.74) is -0.0249. The third-order valence-electron chi connectivity index (χ3n) is 9.01. The van der Waals surface area contributed by atoms with Crippen molar-refractivity contribution in [1.29, 1.82) is 0 Å². The SMILES string of the molecule is CC(C)(C)C(=O)Oc1ccc2c(c1)Oc1cc(OC(=O)C(C)(C)C)c(CCCCC(=O)NCCCCCCO)cc1C21OC(=O)c2ccccc21. The van der Waals surface area contributed by atoms with E-state index in [0.717, 1.165) is 25.7 Å². The zero-order chi connectivity index (χ0) is 37.0. The van der Waals surface area contributed by atoms with Gasteiger partial charge in [-0.15, -0.1) is 0 Å². The van der Waals surface area contributed by atoms with Gasteiger partial charge in [-0.1, -0.05) is 31.0 Å². The van der Waals surface area contributed by atoms with Crippen LogP contribution < -0.4 is 19.5 Å². The van der Waals surface area contributed by atoms with Crippen molar-refractivity contribution in [3.05, 3.63) is 82.4 Å². The highest BCUT2D eigenvalue weighted by Crippen LogP contribution is 2.57. The van der Waals surface area contributed by atoms with Gasteiger partial charge in [0.05, 0.1) is 16.4 Å². The van der Waals surface area contributed by atoms with Crippen molar-refractivity contribution in [1.82, 2.24) is 5.32 Å². The number of esters is 3. The van der Waals surface area contributed by atoms with E-state index < -0.39 is 34.3 Å². The lowest BCUT2D eigenvalue weighted by Crippen LogP contribution is -2.33. The molecule has 1 spiro atoms. The first kappa shape index (κ1) is 37.6. The molecule has 3 aromatic rings. The Morgan fingerprint density at radius 3 is 2.18 bits per heavy atom. The molecule has 2 heterocycles. The molecule has 2 aliphatic rings. The number of hydrogen-bond acceptors (Lipinski definition) is 9. The van der Waals surface area contributed by atoms with Gasteiger partial charge >= 0.3 is 17.9 Å². The molecule has 0 bridgehead atoms. The first-order chi connectivity index (χ1) is 24.1. The van der Waals surface area contributed by atoms with Crippen molar-refractivity contribution in [3.63, 3.8) is 0 Å². The number of benzene rings is 3. The maximum absolute atomic E-state index is 13.5. The van der Waals surface area contributed by atoms with Gasteiger partial charge in [-0.25, -0.2) is 4.79 Å². The number of rotatable bonds is 13. The van der Waals surface area contributed by atoms with Crippen LogP contribution in [0.2, 0.25) is 0 Å². The molecule has 0 saturated heterocycles. The fourth-order valence-electron chi connectivity index (χ4n) is 6.10. The summed E-state index contributed by atoms with van der Waals surface area (Å²) in [6, 6.07) is 15.7. The number of unbranched alkanes of at least 4 members (excludes halogenated alkanes) is 4. The van der Waals surface area contributed by atoms with Crippen LogP contribution in [0.25, 0.3) is 0 Å². The molecule has 0 fully saturated rings. The molecule has 2 N–H and O–H groups in total. The Morgan fingerprint density at radius 2 is 1.45 bits per heavy atom. The van der Waals surface area contributed by atoms with E-state index >= 15 is 0 Å². The molecule has 0 aliphatic carbocycles. The molecule has 5 rings (SSSR count). The number of aliphatic hydroxyl groups is 1. The van der Waals surface area contributed by atoms with Crippen molar-refractivity contribution < 1.29 is 43.2 Å². The van der Waals surface area contributed by atoms with Crippen LogP contribution in [0.1, 0.15) is 119 Å². The molecule has 0 saturated carbocycles. The largest absolute Gasteiger partial charge is 0.456 e. The van der Waals surface area contributed by atoms with Gasteiger partial charge in [0.1, 0.15) is 23.0 Å². The topological polar surface area (TPSA) is 137 Å². The Morgan fingerprint density at radius 1 is 0.765 bits per heavy atom. The first-order valence-electron chi connectivity index (χ1n) is 17.8. The molecule has 272 valence electrons. The summed E-state index contributed by atoms with van der Waals surface area (Å²) in [5.74, 6) is -0.124. The second kappa shape index (κ2) is 15.3. The fraction of sp³-hybridized carbons (Fsp3) is 0.463. The standard InChI is InChI=1S/C41H49NO9/c1-39(2,3)37(46)48-27-19-20-30-33(24-27)49-34-25-32(50-38(47)40(4,5)6)26(15-9-12-18-35(44)42-21-13-7-8-14-22-43)23-31(34)41(30)29-17-11-10-16-28(29)36(45)51-41/h10-11,16-17,19-20,23-25,43H,7-9,12-15,18,21-22H2,1-6H3,(H,42,44). The summed E-state index contributed by atoms with van der Waals surface area (Å²) in [6.45, 7) is 11.4. The molecule has 10 nitrogen and oxygen atoms in total. The van der Waals surface area contributed by atoms with E-state index in [2.05, 4.69) is 5.32 Å². The van der Waals surface area contributed by atoms with Crippen LogP contribution in [-0.4, -0.2) is 42.1 Å². The van der Waals surface area contributed by atoms with Gasteiger partial charge in [-0.3, -0.25) is 14.4 Å². The summed E-state index contributed by atoms with van der Waals surface area (Å²) in [6.07, 6.45) is 5.61. The smallest absolute Gasteiger partial charge is 0.340 e. The highest BCUT2D eigenvalue weighted by molar-refractivity contribution is 5.97. The first-order valence-corrected chi connectivity index (χ1v) is 17.8. The molecule has 1 unspecified atom stereocenters. The molecular weight excluding hydrogens is 650 g/mol. The van der Waals surface area contributed by atoms with Gasteiger partial charge in [-0.05, 0) is 103 Å². The summed E-state index contributed by atoms with van der Waals surface area (Å²) >= 11 is 0. The number of ether oxygens (including phenoxy) is 4. The number of fused-ring (bicyclic) bond motifs is 6. The van der Waals surface area contributed by atoms with Crippen LogP contribution in [0, 0.1) is 10.8 Å². The van der Waals surface area contributed by atoms with E-state index in [-0.39, 0.29) is 18.3 Å². The number of carbonyl (C=O) groups is 4. The van der Waals surface area contributed by atoms with Gasteiger partial charge in [0, 0.05) is 48.4 Å². The van der Waals surface area contributed by atoms with Crippen molar-refractivity contribution in [2.75, 3.05) is 13.2 Å². The molecule has 2 aliphatic heterocycles. The minimum absolute atomic E-state index is 0.0204. The number of amides is 1. The van der Waals surface area contributed by atoms with Gasteiger partial charge in [0.2, 0.25) is 5.91 Å². The Hall–Kier alpha value is -4.70. The summed E-state index contributed by atoms with van der Waals surface area (Å²) < 4.78 is 24.5. The van der Waals surface area contributed by atoms with E-state index in [1.54, 1.807) is 77.9 Å². The molecule has 51 heavy (non-hydrogen) atoms. The number of hydrogen-bond donors (Lipinski definition) is 2. The van der Waals surface area contributed by atoms with Crippen molar-refractivity contribution in [3.8, 4) is 23.0 Å². The van der Waals surface area contributed by atoms with E-state index in [9.17, 15) is 19.2 Å². The average Bonchev–Trinajstić information content (AvgIpc) is 3.36. The predicted molar refractivity (Wildman–Crippen MR) is 191 cm³/mol. The fourth-order valence-corrected chi connectivity index (χ4v) is 6.10. The second-order valence-corrected chi connectivity index (χ2v) is 15.3. The van der Waals surface area contributed by atoms with Crippen LogP contribution >= 0.6 is 0 Å². The molecule has 0 aromatic heterocycles. The predicted octanol–water partition coefficient (Wildman–Crippen LogP) is 7.54. The van der Waals surface area contributed by atoms with E-state index in [1.807, 2.05) is 18.2 Å². The van der Waals surface area contributed by atoms with E-state index in [4.69, 9.17) is 24.1 Å². The Kier molecular flexibility index (Phi) is 11.2. The molecular formula is C41H49NO9. The Bertz CT molecular complexity index is 1800. The maximum Gasteiger partial charge on any atom is 0.340 e. The minimum Gasteiger partial charge on any atom is -0.456 e. The van der Waals surface area contributed by atoms with Crippen LogP contribution in [0.3, 0.4) is 0 Å². The van der Waals surface area contributed by atoms with Crippen LogP contribution in [0.5, 0.6) is 23.0 Å². The third-order valence-corrected chi connectivity index (χ3v) is 9.01. The molecule has 1 atom stereocenters. The highest BCUT2D eigenvalue weighted by atomic mass is 16.6. The summed E-state index contributed by atoms with van der Waals surface area (Å²) in [5, 5.41) is 11.9. The second-order valence-electron chi connectivity index (χ2n) is 15.3. The monoisotopic (exact) mass is 699 g/mol. The van der Waals surface area contributed by atoms with Crippen molar-refractivity contribution >= 4 is 23.8 Å². The quantitative estimate of drug-likeness (QED) is 0.105. The van der Waals surface area contributed by atoms with Gasteiger partial charge < -0.3 is 29.4 Å². The zero-order valence-corrected chi connectivity index (χ0v) is 30.5. The maximum atomic E-state index is 13.5. The average molecular weight is 700 g/mol. The number of aryl methyl sites for hydroxylation is 1. The minimum atomic E-state index is -1.39. The van der Waals surface area contributed by atoms with Gasteiger partial charge in [-0.2, -0.15) is 0 Å². The van der Waals surface area contributed by atoms with Crippen molar-refractivity contribution in [2.24, 2.45) is 10.8 Å². The molecule has 0 radical (unpaired) electrons. The lowest BCUT2D eigenvalue weighted by Gasteiger charge is -2.37. The molecule has 3 aromatic carbocycles. The summed E-state index contributed by atoms with van der Waals surface area (Å²) in [4.78, 5) is 51.9. The molecule has 1 amide bonds. The third kappa shape index (κ3) is 8.28. The lowest BCUT2D eigenvalue weighted by molar-refractivity contribution is -0.143. The van der Waals surface area contributed by atoms with Crippen LogP contribution in [-0.2, 0) is 31.1 Å². The van der Waals surface area contributed by atoms with Gasteiger partial charge in [0.15, 0.2) is 5.60 Å².